The second kappa shape index (κ2) is 9.43. The van der Waals surface area contributed by atoms with E-state index in [1.54, 1.807) is 18.2 Å². The van der Waals surface area contributed by atoms with Crippen molar-refractivity contribution in [3.05, 3.63) is 49.5 Å². The number of hydrogen-bond acceptors (Lipinski definition) is 6. The van der Waals surface area contributed by atoms with Crippen molar-refractivity contribution in [3.8, 4) is 17.2 Å². The maximum atomic E-state index is 13.6. The summed E-state index contributed by atoms with van der Waals surface area (Å²) in [7, 11) is 3.00. The van der Waals surface area contributed by atoms with Crippen LogP contribution in [0.4, 0.5) is 0 Å². The van der Waals surface area contributed by atoms with Gasteiger partial charge in [-0.3, -0.25) is 14.2 Å². The molecule has 1 N–H and O–H groups in total. The average Bonchev–Trinajstić information content (AvgIpc) is 3.11. The van der Waals surface area contributed by atoms with Crippen LogP contribution in [0.1, 0.15) is 42.5 Å². The van der Waals surface area contributed by atoms with Gasteiger partial charge >= 0.3 is 5.69 Å². The standard InChI is InChI=1S/C24H29N3O5S/c1-14-15(2)33-23-21(14)22(29)27(18-11-10-17(31-3)12-19(18)32-4)24(30)26(23)13-20(28)25-16-8-6-5-7-9-16/h10-12,16H,5-9,13H2,1-4H3,(H,25,28). The highest BCUT2D eigenvalue weighted by Crippen LogP contribution is 2.30. The van der Waals surface area contributed by atoms with Gasteiger partial charge in [0.2, 0.25) is 5.91 Å². The number of benzene rings is 1. The van der Waals surface area contributed by atoms with Crippen LogP contribution in [0, 0.1) is 13.8 Å². The topological polar surface area (TPSA) is 91.6 Å². The van der Waals surface area contributed by atoms with Gasteiger partial charge in [0.25, 0.3) is 5.56 Å². The molecule has 0 unspecified atom stereocenters. The zero-order valence-electron chi connectivity index (χ0n) is 19.4. The van der Waals surface area contributed by atoms with E-state index in [4.69, 9.17) is 9.47 Å². The molecule has 176 valence electrons. The van der Waals surface area contributed by atoms with Crippen LogP contribution in [-0.2, 0) is 11.3 Å². The highest BCUT2D eigenvalue weighted by atomic mass is 32.1. The number of hydrogen-bond donors (Lipinski definition) is 1. The largest absolute Gasteiger partial charge is 0.497 e. The van der Waals surface area contributed by atoms with Crippen LogP contribution < -0.4 is 26.0 Å². The van der Waals surface area contributed by atoms with E-state index in [0.29, 0.717) is 27.4 Å². The zero-order chi connectivity index (χ0) is 23.7. The van der Waals surface area contributed by atoms with Gasteiger partial charge in [-0.25, -0.2) is 9.36 Å². The van der Waals surface area contributed by atoms with Crippen LogP contribution in [0.3, 0.4) is 0 Å². The molecule has 0 spiro atoms. The Kier molecular flexibility index (Phi) is 6.60. The molecule has 1 saturated carbocycles. The van der Waals surface area contributed by atoms with E-state index in [0.717, 1.165) is 40.7 Å². The third-order valence-electron chi connectivity index (χ3n) is 6.35. The second-order valence-corrected chi connectivity index (χ2v) is 9.62. The molecule has 0 saturated heterocycles. The van der Waals surface area contributed by atoms with Crippen molar-refractivity contribution < 1.29 is 14.3 Å². The van der Waals surface area contributed by atoms with Crippen LogP contribution in [0.5, 0.6) is 11.5 Å². The van der Waals surface area contributed by atoms with Gasteiger partial charge in [-0.05, 0) is 44.4 Å². The molecule has 33 heavy (non-hydrogen) atoms. The van der Waals surface area contributed by atoms with Gasteiger partial charge in [0, 0.05) is 17.0 Å². The first-order chi connectivity index (χ1) is 15.8. The predicted octanol–water partition coefficient (Wildman–Crippen LogP) is 3.30. The molecule has 0 bridgehead atoms. The van der Waals surface area contributed by atoms with Crippen LogP contribution in [0.25, 0.3) is 15.9 Å². The molecule has 3 aromatic rings. The summed E-state index contributed by atoms with van der Waals surface area (Å²) >= 11 is 1.36. The van der Waals surface area contributed by atoms with Crippen molar-refractivity contribution in [1.82, 2.24) is 14.5 Å². The van der Waals surface area contributed by atoms with Crippen molar-refractivity contribution in [2.45, 2.75) is 58.5 Å². The molecule has 2 heterocycles. The Labute approximate surface area is 195 Å². The molecule has 8 nitrogen and oxygen atoms in total. The molecule has 1 fully saturated rings. The van der Waals surface area contributed by atoms with Crippen molar-refractivity contribution in [2.75, 3.05) is 14.2 Å². The maximum Gasteiger partial charge on any atom is 0.337 e. The van der Waals surface area contributed by atoms with E-state index in [9.17, 15) is 14.4 Å². The van der Waals surface area contributed by atoms with Gasteiger partial charge in [0.15, 0.2) is 0 Å². The number of nitrogens with one attached hydrogen (secondary N) is 1. The number of carbonyl (C=O) groups is 1. The molecule has 4 rings (SSSR count). The third kappa shape index (κ3) is 4.29. The Morgan fingerprint density at radius 2 is 1.85 bits per heavy atom. The Hall–Kier alpha value is -3.07. The lowest BCUT2D eigenvalue weighted by Gasteiger charge is -2.23. The molecule has 0 aliphatic heterocycles. The summed E-state index contributed by atoms with van der Waals surface area (Å²) in [5.74, 6) is 0.649. The number of nitrogens with zero attached hydrogens (tertiary/aromatic N) is 2. The van der Waals surface area contributed by atoms with Gasteiger partial charge in [-0.1, -0.05) is 19.3 Å². The lowest BCUT2D eigenvalue weighted by atomic mass is 9.95. The first-order valence-electron chi connectivity index (χ1n) is 11.1. The van der Waals surface area contributed by atoms with Crippen LogP contribution in [0.2, 0.25) is 0 Å². The summed E-state index contributed by atoms with van der Waals surface area (Å²) in [5, 5.41) is 3.51. The van der Waals surface area contributed by atoms with Gasteiger partial charge in [-0.15, -0.1) is 11.3 Å². The molecule has 1 amide bonds. The lowest BCUT2D eigenvalue weighted by molar-refractivity contribution is -0.122. The Morgan fingerprint density at radius 1 is 1.12 bits per heavy atom. The van der Waals surface area contributed by atoms with Crippen molar-refractivity contribution >= 4 is 27.5 Å². The number of fused-ring (bicyclic) bond motifs is 1. The van der Waals surface area contributed by atoms with E-state index < -0.39 is 11.2 Å². The highest BCUT2D eigenvalue weighted by Gasteiger charge is 2.23. The second-order valence-electron chi connectivity index (χ2n) is 8.41. The fourth-order valence-electron chi connectivity index (χ4n) is 4.44. The molecule has 0 atom stereocenters. The molecule has 2 aromatic heterocycles. The van der Waals surface area contributed by atoms with E-state index >= 15 is 0 Å². The van der Waals surface area contributed by atoms with Crippen molar-refractivity contribution in [3.63, 3.8) is 0 Å². The van der Waals surface area contributed by atoms with Gasteiger partial charge < -0.3 is 14.8 Å². The quantitative estimate of drug-likeness (QED) is 0.596. The van der Waals surface area contributed by atoms with Crippen LogP contribution in [-0.4, -0.2) is 35.3 Å². The number of rotatable bonds is 6. The molecular formula is C24H29N3O5S. The van der Waals surface area contributed by atoms with Gasteiger partial charge in [0.05, 0.1) is 25.3 Å². The predicted molar refractivity (Wildman–Crippen MR) is 129 cm³/mol. The van der Waals surface area contributed by atoms with Crippen LogP contribution in [0.15, 0.2) is 27.8 Å². The number of ether oxygens (including phenoxy) is 2. The molecular weight excluding hydrogens is 442 g/mol. The minimum absolute atomic E-state index is 0.136. The molecule has 1 aliphatic carbocycles. The van der Waals surface area contributed by atoms with Crippen molar-refractivity contribution in [1.29, 1.82) is 0 Å². The lowest BCUT2D eigenvalue weighted by Crippen LogP contribution is -2.43. The summed E-state index contributed by atoms with van der Waals surface area (Å²) in [5.41, 5.74) is 0.114. The summed E-state index contributed by atoms with van der Waals surface area (Å²) in [6.07, 6.45) is 5.29. The normalized spacial score (nSPS) is 14.4. The molecule has 1 aromatic carbocycles. The van der Waals surface area contributed by atoms with E-state index in [2.05, 4.69) is 5.32 Å². The smallest absolute Gasteiger partial charge is 0.337 e. The summed E-state index contributed by atoms with van der Waals surface area (Å²) in [4.78, 5) is 41.5. The number of amides is 1. The molecule has 0 radical (unpaired) electrons. The summed E-state index contributed by atoms with van der Waals surface area (Å²) in [6, 6.07) is 5.04. The van der Waals surface area contributed by atoms with Crippen molar-refractivity contribution in [2.24, 2.45) is 0 Å². The number of carbonyl (C=O) groups excluding carboxylic acids is 1. The summed E-state index contributed by atoms with van der Waals surface area (Å²) < 4.78 is 13.2. The summed E-state index contributed by atoms with van der Waals surface area (Å²) in [6.45, 7) is 3.63. The van der Waals surface area contributed by atoms with Crippen LogP contribution >= 0.6 is 11.3 Å². The number of methoxy groups -OCH3 is 2. The third-order valence-corrected chi connectivity index (χ3v) is 7.58. The van der Waals surface area contributed by atoms with Gasteiger partial charge in [0.1, 0.15) is 22.9 Å². The number of aromatic nitrogens is 2. The fourth-order valence-corrected chi connectivity index (χ4v) is 5.58. The Balaban J connectivity index is 1.87. The van der Waals surface area contributed by atoms with E-state index in [1.165, 1.54) is 36.5 Å². The van der Waals surface area contributed by atoms with Gasteiger partial charge in [-0.2, -0.15) is 0 Å². The maximum absolute atomic E-state index is 13.6. The first kappa shape index (κ1) is 23.1. The monoisotopic (exact) mass is 471 g/mol. The minimum Gasteiger partial charge on any atom is -0.497 e. The Bertz CT molecular complexity index is 1310. The number of thiophene rings is 1. The average molecular weight is 472 g/mol. The van der Waals surface area contributed by atoms with E-state index in [-0.39, 0.29) is 18.5 Å². The zero-order valence-corrected chi connectivity index (χ0v) is 20.2. The number of aryl methyl sites for hydroxylation is 2. The molecule has 9 heteroatoms. The minimum atomic E-state index is -0.573. The first-order valence-corrected chi connectivity index (χ1v) is 11.9. The Morgan fingerprint density at radius 3 is 2.52 bits per heavy atom. The van der Waals surface area contributed by atoms with E-state index in [1.807, 2.05) is 13.8 Å². The highest BCUT2D eigenvalue weighted by molar-refractivity contribution is 7.18. The molecule has 1 aliphatic rings. The fraction of sp³-hybridized carbons (Fsp3) is 0.458. The SMILES string of the molecule is COc1ccc(-n2c(=O)c3c(C)c(C)sc3n(CC(=O)NC3CCCCC3)c2=O)c(OC)c1.